The van der Waals surface area contributed by atoms with Crippen LogP contribution in [0.15, 0.2) is 42.0 Å². The Kier molecular flexibility index (Phi) is 8.54. The number of nitrogens with zero attached hydrogens (tertiary/aromatic N) is 1. The van der Waals surface area contributed by atoms with Crippen LogP contribution < -0.4 is 16.4 Å². The summed E-state index contributed by atoms with van der Waals surface area (Å²) in [4.78, 5) is 37.7. The lowest BCUT2D eigenvalue weighted by Gasteiger charge is -2.21. The van der Waals surface area contributed by atoms with E-state index in [0.717, 1.165) is 28.8 Å². The molecule has 2 aromatic rings. The van der Waals surface area contributed by atoms with Crippen molar-refractivity contribution in [1.82, 2.24) is 4.90 Å². The zero-order valence-corrected chi connectivity index (χ0v) is 20.1. The molecule has 0 aliphatic carbocycles. The Morgan fingerprint density at radius 3 is 2.65 bits per heavy atom. The number of fused-ring (bicyclic) bond motifs is 1. The van der Waals surface area contributed by atoms with Crippen LogP contribution in [-0.4, -0.2) is 49.0 Å². The van der Waals surface area contributed by atoms with E-state index in [0.29, 0.717) is 35.8 Å². The molecule has 8 nitrogen and oxygen atoms in total. The first kappa shape index (κ1) is 25.1. The van der Waals surface area contributed by atoms with E-state index in [1.165, 1.54) is 4.90 Å². The van der Waals surface area contributed by atoms with Crippen LogP contribution in [0.25, 0.3) is 17.2 Å². The monoisotopic (exact) mass is 484 g/mol. The summed E-state index contributed by atoms with van der Waals surface area (Å²) >= 11 is 6.52. The molecule has 0 saturated carbocycles. The molecule has 9 heteroatoms. The molecule has 3 amide bonds. The lowest BCUT2D eigenvalue weighted by molar-refractivity contribution is -0.132. The van der Waals surface area contributed by atoms with Gasteiger partial charge in [0, 0.05) is 35.6 Å². The number of rotatable bonds is 8. The number of benzene rings is 2. The summed E-state index contributed by atoms with van der Waals surface area (Å²) in [6.07, 6.45) is 2.56. The Balaban J connectivity index is 1.90. The van der Waals surface area contributed by atoms with Gasteiger partial charge in [0.25, 0.3) is 0 Å². The molecular formula is C25H29ClN4O4. The molecule has 0 bridgehead atoms. The highest BCUT2D eigenvalue weighted by Crippen LogP contribution is 2.34. The van der Waals surface area contributed by atoms with Gasteiger partial charge in [0.15, 0.2) is 0 Å². The average molecular weight is 485 g/mol. The summed E-state index contributed by atoms with van der Waals surface area (Å²) in [6.45, 7) is 4.90. The van der Waals surface area contributed by atoms with Gasteiger partial charge in [-0.2, -0.15) is 0 Å². The zero-order valence-electron chi connectivity index (χ0n) is 19.3. The van der Waals surface area contributed by atoms with Gasteiger partial charge in [0.2, 0.25) is 11.8 Å². The number of amides is 3. The van der Waals surface area contributed by atoms with Crippen LogP contribution in [0, 0.1) is 0 Å². The second-order valence-corrected chi connectivity index (χ2v) is 8.29. The molecule has 0 fully saturated rings. The fourth-order valence-electron chi connectivity index (χ4n) is 3.80. The number of nitrogens with one attached hydrogen (secondary N) is 2. The molecule has 3 rings (SSSR count). The van der Waals surface area contributed by atoms with Gasteiger partial charge in [0.1, 0.15) is 0 Å². The van der Waals surface area contributed by atoms with Gasteiger partial charge in [0.05, 0.1) is 18.2 Å². The Morgan fingerprint density at radius 2 is 1.97 bits per heavy atom. The minimum absolute atomic E-state index is 0.105. The number of anilines is 2. The smallest absolute Gasteiger partial charge is 0.411 e. The SMILES string of the molecule is CCCN(CC(N)=O)C(=O)C1=Cc2cc(-c3ccc(NC(=O)OCC)cc3Cl)ccc2NCC1. The normalized spacial score (nSPS) is 12.5. The molecule has 0 atom stereocenters. The van der Waals surface area contributed by atoms with Crippen LogP contribution >= 0.6 is 11.6 Å². The maximum absolute atomic E-state index is 13.1. The van der Waals surface area contributed by atoms with Crippen molar-refractivity contribution in [3.8, 4) is 11.1 Å². The number of nitrogens with two attached hydrogens (primary N) is 1. The van der Waals surface area contributed by atoms with Gasteiger partial charge in [-0.3, -0.25) is 14.9 Å². The molecule has 1 heterocycles. The quantitative estimate of drug-likeness (QED) is 0.510. The van der Waals surface area contributed by atoms with E-state index in [2.05, 4.69) is 10.6 Å². The predicted molar refractivity (Wildman–Crippen MR) is 135 cm³/mol. The second-order valence-electron chi connectivity index (χ2n) is 7.88. The lowest BCUT2D eigenvalue weighted by Crippen LogP contribution is -2.39. The summed E-state index contributed by atoms with van der Waals surface area (Å²) < 4.78 is 4.89. The molecule has 0 spiro atoms. The summed E-state index contributed by atoms with van der Waals surface area (Å²) in [5, 5.41) is 6.45. The van der Waals surface area contributed by atoms with E-state index in [1.807, 2.05) is 37.3 Å². The first-order valence-corrected chi connectivity index (χ1v) is 11.6. The third-order valence-corrected chi connectivity index (χ3v) is 5.61. The van der Waals surface area contributed by atoms with E-state index in [4.69, 9.17) is 22.1 Å². The number of carbonyl (C=O) groups excluding carboxylic acids is 3. The van der Waals surface area contributed by atoms with Gasteiger partial charge >= 0.3 is 6.09 Å². The highest BCUT2D eigenvalue weighted by molar-refractivity contribution is 6.33. The summed E-state index contributed by atoms with van der Waals surface area (Å²) in [5.41, 5.74) is 9.87. The van der Waals surface area contributed by atoms with Crippen molar-refractivity contribution < 1.29 is 19.1 Å². The van der Waals surface area contributed by atoms with E-state index in [1.54, 1.807) is 19.1 Å². The Labute approximate surface area is 204 Å². The third kappa shape index (κ3) is 6.29. The van der Waals surface area contributed by atoms with Crippen LogP contribution in [0.1, 0.15) is 32.3 Å². The first-order chi connectivity index (χ1) is 16.3. The van der Waals surface area contributed by atoms with E-state index in [9.17, 15) is 14.4 Å². The van der Waals surface area contributed by atoms with Crippen molar-refractivity contribution in [3.63, 3.8) is 0 Å². The van der Waals surface area contributed by atoms with Crippen molar-refractivity contribution in [1.29, 1.82) is 0 Å². The Hall–Kier alpha value is -3.52. The minimum Gasteiger partial charge on any atom is -0.450 e. The molecule has 2 aromatic carbocycles. The van der Waals surface area contributed by atoms with Crippen molar-refractivity contribution in [2.24, 2.45) is 5.73 Å². The molecule has 0 radical (unpaired) electrons. The second kappa shape index (κ2) is 11.6. The standard InChI is InChI=1S/C25H29ClN4O4/c1-3-11-30(15-23(27)31)24(32)17-9-10-28-22-8-5-16(12-18(22)13-17)20-7-6-19(14-21(20)26)29-25(33)34-4-2/h5-8,12-14,28H,3-4,9-11,15H2,1-2H3,(H2,27,31)(H,29,33). The third-order valence-electron chi connectivity index (χ3n) is 5.30. The molecule has 180 valence electrons. The minimum atomic E-state index is -0.543. The highest BCUT2D eigenvalue weighted by Gasteiger charge is 2.21. The van der Waals surface area contributed by atoms with Gasteiger partial charge in [-0.15, -0.1) is 0 Å². The van der Waals surface area contributed by atoms with Crippen LogP contribution in [0.3, 0.4) is 0 Å². The van der Waals surface area contributed by atoms with Crippen molar-refractivity contribution in [2.45, 2.75) is 26.7 Å². The van der Waals surface area contributed by atoms with E-state index >= 15 is 0 Å². The number of primary amides is 1. The Bertz CT molecular complexity index is 1120. The fraction of sp³-hybridized carbons (Fsp3) is 0.320. The highest BCUT2D eigenvalue weighted by atomic mass is 35.5. The van der Waals surface area contributed by atoms with Gasteiger partial charge in [-0.1, -0.05) is 30.7 Å². The maximum Gasteiger partial charge on any atom is 0.411 e. The maximum atomic E-state index is 13.1. The van der Waals surface area contributed by atoms with Crippen molar-refractivity contribution in [3.05, 3.63) is 52.6 Å². The molecule has 1 aliphatic heterocycles. The lowest BCUT2D eigenvalue weighted by atomic mass is 10.00. The number of carbonyl (C=O) groups is 3. The summed E-state index contributed by atoms with van der Waals surface area (Å²) in [7, 11) is 0. The summed E-state index contributed by atoms with van der Waals surface area (Å²) in [6, 6.07) is 11.1. The van der Waals surface area contributed by atoms with Crippen molar-refractivity contribution >= 4 is 47.0 Å². The first-order valence-electron chi connectivity index (χ1n) is 11.2. The average Bonchev–Trinajstić information content (AvgIpc) is 3.00. The number of halogens is 1. The number of ether oxygens (including phenoxy) is 1. The zero-order chi connectivity index (χ0) is 24.7. The molecule has 0 unspecified atom stereocenters. The van der Waals surface area contributed by atoms with Crippen LogP contribution in [-0.2, 0) is 14.3 Å². The molecule has 1 aliphatic rings. The van der Waals surface area contributed by atoms with E-state index < -0.39 is 12.0 Å². The van der Waals surface area contributed by atoms with Gasteiger partial charge < -0.3 is 20.7 Å². The fourth-order valence-corrected chi connectivity index (χ4v) is 4.09. The number of hydrogen-bond acceptors (Lipinski definition) is 5. The largest absolute Gasteiger partial charge is 0.450 e. The summed E-state index contributed by atoms with van der Waals surface area (Å²) in [5.74, 6) is -0.722. The van der Waals surface area contributed by atoms with E-state index in [-0.39, 0.29) is 19.1 Å². The van der Waals surface area contributed by atoms with Gasteiger partial charge in [-0.25, -0.2) is 4.79 Å². The van der Waals surface area contributed by atoms with Crippen LogP contribution in [0.4, 0.5) is 16.2 Å². The molecule has 0 saturated heterocycles. The molecule has 34 heavy (non-hydrogen) atoms. The van der Waals surface area contributed by atoms with Crippen LogP contribution in [0.5, 0.6) is 0 Å². The van der Waals surface area contributed by atoms with Crippen LogP contribution in [0.2, 0.25) is 5.02 Å². The predicted octanol–water partition coefficient (Wildman–Crippen LogP) is 4.50. The molecule has 0 aromatic heterocycles. The van der Waals surface area contributed by atoms with Crippen molar-refractivity contribution in [2.75, 3.05) is 36.9 Å². The van der Waals surface area contributed by atoms with Gasteiger partial charge in [-0.05, 0) is 61.2 Å². The topological polar surface area (TPSA) is 114 Å². The molecular weight excluding hydrogens is 456 g/mol. The number of hydrogen-bond donors (Lipinski definition) is 3. The Morgan fingerprint density at radius 1 is 1.18 bits per heavy atom. The molecule has 4 N–H and O–H groups in total.